The van der Waals surface area contributed by atoms with Crippen molar-refractivity contribution in [2.75, 3.05) is 13.7 Å². The van der Waals surface area contributed by atoms with Crippen molar-refractivity contribution < 1.29 is 46.7 Å². The van der Waals surface area contributed by atoms with E-state index in [1.165, 1.54) is 19.2 Å². The van der Waals surface area contributed by atoms with Crippen LogP contribution in [0.25, 0.3) is 0 Å². The molecule has 6 rings (SSSR count). The molecule has 0 saturated carbocycles. The Morgan fingerprint density at radius 1 is 0.679 bits per heavy atom. The molecule has 5 aromatic rings. The predicted molar refractivity (Wildman–Crippen MR) is 193 cm³/mol. The molecule has 1 aliphatic heterocycles. The number of aliphatic hydroxyl groups is 1. The Morgan fingerprint density at radius 3 is 1.72 bits per heavy atom. The maximum atomic E-state index is 12.8. The smallest absolute Gasteiger partial charge is 0.406 e. The van der Waals surface area contributed by atoms with E-state index >= 15 is 0 Å². The Bertz CT molecular complexity index is 1860. The number of hydrogen-bond donors (Lipinski definition) is 1. The molecule has 0 aromatic heterocycles. The SMILES string of the molecule is CO[C@@]1(c2ccc(Cl)c(Cc3ccc(OC(F)(F)F)cc3)c2)O[C@H](CO)[C@@H](OCc2ccccc2)C(OCc2ccccc2)[C@H]1OCc1ccccc1. The van der Waals surface area contributed by atoms with Crippen molar-refractivity contribution in [1.29, 1.82) is 0 Å². The molecule has 0 amide bonds. The van der Waals surface area contributed by atoms with Crippen LogP contribution in [0.1, 0.15) is 33.4 Å². The zero-order valence-electron chi connectivity index (χ0n) is 29.0. The van der Waals surface area contributed by atoms with Gasteiger partial charge in [0, 0.05) is 17.7 Å². The van der Waals surface area contributed by atoms with Gasteiger partial charge in [-0.2, -0.15) is 0 Å². The molecular weight excluding hydrogens is 709 g/mol. The van der Waals surface area contributed by atoms with Gasteiger partial charge in [-0.1, -0.05) is 121 Å². The molecule has 5 atom stereocenters. The van der Waals surface area contributed by atoms with Crippen molar-refractivity contribution in [1.82, 2.24) is 0 Å². The van der Waals surface area contributed by atoms with E-state index in [-0.39, 0.29) is 32.0 Å². The monoisotopic (exact) mass is 748 g/mol. The van der Waals surface area contributed by atoms with Crippen LogP contribution >= 0.6 is 11.6 Å². The maximum absolute atomic E-state index is 12.8. The van der Waals surface area contributed by atoms with Gasteiger partial charge in [-0.15, -0.1) is 13.2 Å². The van der Waals surface area contributed by atoms with E-state index in [1.54, 1.807) is 24.3 Å². The standard InChI is InChI=1S/C42H40ClF3O7/c1-48-41(34-19-22-36(43)33(24-34)23-29-17-20-35(21-18-29)52-42(44,45)46)40(51-28-32-15-9-4-10-16-32)39(50-27-31-13-7-3-8-14-31)38(37(25-47)53-41)49-26-30-11-5-2-6-12-30/h2-22,24,37-40,47H,23,25-28H2,1H3/t37-,38-,39?,40-,41+/m1/s1. The summed E-state index contributed by atoms with van der Waals surface area (Å²) < 4.78 is 75.5. The number of hydrogen-bond acceptors (Lipinski definition) is 7. The zero-order chi connectivity index (χ0) is 37.3. The molecule has 1 N–H and O–H groups in total. The molecular formula is C42H40ClF3O7. The van der Waals surface area contributed by atoms with Crippen molar-refractivity contribution in [2.45, 2.75) is 62.8 Å². The van der Waals surface area contributed by atoms with Gasteiger partial charge in [0.1, 0.15) is 30.2 Å². The molecule has 0 radical (unpaired) electrons. The average Bonchev–Trinajstić information content (AvgIpc) is 3.17. The molecule has 1 heterocycles. The van der Waals surface area contributed by atoms with E-state index < -0.39 is 43.2 Å². The lowest BCUT2D eigenvalue weighted by Crippen LogP contribution is -2.66. The van der Waals surface area contributed by atoms with Crippen LogP contribution in [0, 0.1) is 0 Å². The van der Waals surface area contributed by atoms with Gasteiger partial charge in [-0.05, 0) is 58.5 Å². The maximum Gasteiger partial charge on any atom is 0.573 e. The quantitative estimate of drug-likeness (QED) is 0.115. The number of alkyl halides is 3. The topological polar surface area (TPSA) is 75.6 Å². The zero-order valence-corrected chi connectivity index (χ0v) is 29.7. The van der Waals surface area contributed by atoms with Gasteiger partial charge >= 0.3 is 6.36 Å². The third kappa shape index (κ3) is 9.84. The van der Waals surface area contributed by atoms with E-state index in [2.05, 4.69) is 4.74 Å². The Hall–Kier alpha value is -4.26. The molecule has 0 bridgehead atoms. The lowest BCUT2D eigenvalue weighted by molar-refractivity contribution is -0.384. The van der Waals surface area contributed by atoms with Gasteiger partial charge in [0.15, 0.2) is 0 Å². The molecule has 1 fully saturated rings. The van der Waals surface area contributed by atoms with Crippen LogP contribution in [0.4, 0.5) is 13.2 Å². The third-order valence-corrected chi connectivity index (χ3v) is 9.38. The van der Waals surface area contributed by atoms with Crippen LogP contribution in [0.5, 0.6) is 5.75 Å². The molecule has 11 heteroatoms. The molecule has 1 saturated heterocycles. The van der Waals surface area contributed by atoms with Gasteiger partial charge < -0.3 is 33.5 Å². The first kappa shape index (κ1) is 38.5. The highest BCUT2D eigenvalue weighted by Crippen LogP contribution is 2.44. The Kier molecular flexibility index (Phi) is 12.9. The van der Waals surface area contributed by atoms with Gasteiger partial charge in [0.25, 0.3) is 0 Å². The molecule has 0 aliphatic carbocycles. The minimum Gasteiger partial charge on any atom is -0.406 e. The highest BCUT2D eigenvalue weighted by atomic mass is 35.5. The van der Waals surface area contributed by atoms with Crippen LogP contribution in [0.2, 0.25) is 5.02 Å². The molecule has 278 valence electrons. The fourth-order valence-electron chi connectivity index (χ4n) is 6.45. The number of ether oxygens (including phenoxy) is 6. The van der Waals surface area contributed by atoms with Gasteiger partial charge in [-0.3, -0.25) is 0 Å². The Morgan fingerprint density at radius 2 is 1.21 bits per heavy atom. The van der Waals surface area contributed by atoms with E-state index in [0.29, 0.717) is 21.7 Å². The second-order valence-electron chi connectivity index (χ2n) is 12.6. The van der Waals surface area contributed by atoms with Gasteiger partial charge in [0.2, 0.25) is 5.79 Å². The summed E-state index contributed by atoms with van der Waals surface area (Å²) in [6, 6.07) is 39.9. The number of benzene rings is 5. The summed E-state index contributed by atoms with van der Waals surface area (Å²) in [5.74, 6) is -1.96. The molecule has 5 aromatic carbocycles. The summed E-state index contributed by atoms with van der Waals surface area (Å²) >= 11 is 6.72. The van der Waals surface area contributed by atoms with E-state index in [0.717, 1.165) is 16.7 Å². The third-order valence-electron chi connectivity index (χ3n) is 9.02. The predicted octanol–water partition coefficient (Wildman–Crippen LogP) is 8.78. The Balaban J connectivity index is 1.39. The summed E-state index contributed by atoms with van der Waals surface area (Å²) in [6.07, 6.45) is -8.02. The second-order valence-corrected chi connectivity index (χ2v) is 13.0. The van der Waals surface area contributed by atoms with E-state index in [4.69, 9.17) is 35.3 Å². The van der Waals surface area contributed by atoms with Gasteiger partial charge in [-0.25, -0.2) is 0 Å². The van der Waals surface area contributed by atoms with Crippen molar-refractivity contribution >= 4 is 11.6 Å². The molecule has 1 unspecified atom stereocenters. The number of methoxy groups -OCH3 is 1. The second kappa shape index (κ2) is 17.7. The Labute approximate surface area is 311 Å². The fraction of sp³-hybridized carbons (Fsp3) is 0.286. The largest absolute Gasteiger partial charge is 0.573 e. The van der Waals surface area contributed by atoms with Crippen LogP contribution < -0.4 is 4.74 Å². The first-order chi connectivity index (χ1) is 25.7. The van der Waals surface area contributed by atoms with Gasteiger partial charge in [0.05, 0.1) is 26.4 Å². The summed E-state index contributed by atoms with van der Waals surface area (Å²) in [6.45, 7) is 0.181. The van der Waals surface area contributed by atoms with Crippen molar-refractivity contribution in [3.63, 3.8) is 0 Å². The summed E-state index contributed by atoms with van der Waals surface area (Å²) in [7, 11) is 1.50. The highest BCUT2D eigenvalue weighted by molar-refractivity contribution is 6.31. The van der Waals surface area contributed by atoms with Crippen molar-refractivity contribution in [3.8, 4) is 5.75 Å². The van der Waals surface area contributed by atoms with Crippen LogP contribution in [-0.2, 0) is 55.7 Å². The number of aliphatic hydroxyl groups excluding tert-OH is 1. The normalized spacial score (nSPS) is 21.7. The average molecular weight is 749 g/mol. The van der Waals surface area contributed by atoms with Crippen LogP contribution in [-0.4, -0.2) is 49.6 Å². The van der Waals surface area contributed by atoms with E-state index in [1.807, 2.05) is 97.1 Å². The fourth-order valence-corrected chi connectivity index (χ4v) is 6.64. The van der Waals surface area contributed by atoms with Crippen LogP contribution in [0.15, 0.2) is 133 Å². The molecule has 0 spiro atoms. The first-order valence-corrected chi connectivity index (χ1v) is 17.5. The first-order valence-electron chi connectivity index (χ1n) is 17.1. The minimum absolute atomic E-state index is 0.174. The minimum atomic E-state index is -4.80. The summed E-state index contributed by atoms with van der Waals surface area (Å²) in [4.78, 5) is 0. The molecule has 53 heavy (non-hydrogen) atoms. The lowest BCUT2D eigenvalue weighted by atomic mass is 9.86. The lowest BCUT2D eigenvalue weighted by Gasteiger charge is -2.52. The number of rotatable bonds is 15. The summed E-state index contributed by atoms with van der Waals surface area (Å²) in [5.41, 5.74) is 4.63. The van der Waals surface area contributed by atoms with Crippen LogP contribution in [0.3, 0.4) is 0 Å². The number of halogens is 4. The van der Waals surface area contributed by atoms with E-state index in [9.17, 15) is 18.3 Å². The van der Waals surface area contributed by atoms with Crippen molar-refractivity contribution in [3.05, 3.63) is 172 Å². The molecule has 7 nitrogen and oxygen atoms in total. The molecule has 1 aliphatic rings. The van der Waals surface area contributed by atoms with Crippen molar-refractivity contribution in [2.24, 2.45) is 0 Å². The highest BCUT2D eigenvalue weighted by Gasteiger charge is 2.58. The summed E-state index contributed by atoms with van der Waals surface area (Å²) in [5, 5.41) is 11.3.